The second-order valence-corrected chi connectivity index (χ2v) is 14.4. The molecule has 0 bridgehead atoms. The molecule has 1 aliphatic carbocycles. The van der Waals surface area contributed by atoms with E-state index < -0.39 is 6.09 Å². The highest BCUT2D eigenvalue weighted by Gasteiger charge is 2.49. The zero-order chi connectivity index (χ0) is 34.1. The highest BCUT2D eigenvalue weighted by atomic mass is 35.5. The number of benzene rings is 3. The summed E-state index contributed by atoms with van der Waals surface area (Å²) in [6, 6.07) is 24.3. The fourth-order valence-electron chi connectivity index (χ4n) is 7.92. The van der Waals surface area contributed by atoms with Crippen molar-refractivity contribution >= 4 is 40.0 Å². The molecule has 8 rings (SSSR count). The second-order valence-electron chi connectivity index (χ2n) is 13.9. The van der Waals surface area contributed by atoms with Gasteiger partial charge in [-0.25, -0.2) is 4.79 Å². The third-order valence-corrected chi connectivity index (χ3v) is 11.1. The summed E-state index contributed by atoms with van der Waals surface area (Å²) < 4.78 is 12.2. The Balaban J connectivity index is 1.07. The third-order valence-electron chi connectivity index (χ3n) is 10.8. The summed E-state index contributed by atoms with van der Waals surface area (Å²) in [5, 5.41) is 12.7. The SMILES string of the molecule is N#CC[C@H]1CN(c2nc(OCC3(N4CCCC4)CC3)nc3c2CCN(c2cccc4cccc(Cl)c24)C3)CCN1C(=O)OCc1ccccc1. The van der Waals surface area contributed by atoms with Crippen molar-refractivity contribution in [1.82, 2.24) is 19.8 Å². The van der Waals surface area contributed by atoms with Crippen molar-refractivity contribution in [2.24, 2.45) is 0 Å². The van der Waals surface area contributed by atoms with Crippen LogP contribution in [-0.4, -0.2) is 83.3 Å². The van der Waals surface area contributed by atoms with Gasteiger partial charge >= 0.3 is 12.1 Å². The van der Waals surface area contributed by atoms with Crippen LogP contribution in [0.25, 0.3) is 10.8 Å². The monoisotopic (exact) mass is 691 g/mol. The lowest BCUT2D eigenvalue weighted by molar-refractivity contribution is 0.0767. The average Bonchev–Trinajstić information content (AvgIpc) is 3.73. The van der Waals surface area contributed by atoms with Gasteiger partial charge in [-0.15, -0.1) is 0 Å². The molecular weight excluding hydrogens is 650 g/mol. The number of anilines is 2. The van der Waals surface area contributed by atoms with E-state index in [1.54, 1.807) is 4.90 Å². The maximum Gasteiger partial charge on any atom is 0.410 e. The molecule has 4 heterocycles. The van der Waals surface area contributed by atoms with E-state index in [-0.39, 0.29) is 24.6 Å². The molecule has 3 aromatic carbocycles. The summed E-state index contributed by atoms with van der Waals surface area (Å²) in [5.41, 5.74) is 4.13. The number of nitrogens with zero attached hydrogens (tertiary/aromatic N) is 7. The molecule has 1 aromatic heterocycles. The Hall–Kier alpha value is -4.59. The van der Waals surface area contributed by atoms with Crippen LogP contribution in [0.3, 0.4) is 0 Å². The summed E-state index contributed by atoms with van der Waals surface area (Å²) in [6.45, 7) is 5.84. The van der Waals surface area contributed by atoms with E-state index in [4.69, 9.17) is 31.0 Å². The molecule has 4 aliphatic rings. The number of fused-ring (bicyclic) bond motifs is 2. The molecule has 0 radical (unpaired) electrons. The Morgan fingerprint density at radius 3 is 2.52 bits per heavy atom. The van der Waals surface area contributed by atoms with Crippen molar-refractivity contribution < 1.29 is 14.3 Å². The van der Waals surface area contributed by atoms with E-state index in [0.29, 0.717) is 38.8 Å². The smallest absolute Gasteiger partial charge is 0.410 e. The minimum Gasteiger partial charge on any atom is -0.461 e. The topological polar surface area (TPSA) is 98.1 Å². The summed E-state index contributed by atoms with van der Waals surface area (Å²) in [6.07, 6.45) is 5.30. The predicted octanol–water partition coefficient (Wildman–Crippen LogP) is 6.59. The predicted molar refractivity (Wildman–Crippen MR) is 194 cm³/mol. The number of halogens is 1. The molecule has 4 aromatic rings. The molecule has 1 amide bonds. The first kappa shape index (κ1) is 32.6. The molecule has 2 saturated heterocycles. The third kappa shape index (κ3) is 6.52. The highest BCUT2D eigenvalue weighted by Crippen LogP contribution is 2.44. The van der Waals surface area contributed by atoms with Crippen molar-refractivity contribution in [3.63, 3.8) is 0 Å². The van der Waals surface area contributed by atoms with Crippen LogP contribution >= 0.6 is 11.6 Å². The Morgan fingerprint density at radius 1 is 0.940 bits per heavy atom. The lowest BCUT2D eigenvalue weighted by Crippen LogP contribution is -2.55. The van der Waals surface area contributed by atoms with Crippen molar-refractivity contribution in [2.75, 3.05) is 55.7 Å². The quantitative estimate of drug-likeness (QED) is 0.192. The van der Waals surface area contributed by atoms with Gasteiger partial charge in [0, 0.05) is 42.8 Å². The summed E-state index contributed by atoms with van der Waals surface area (Å²) in [5.74, 6) is 0.840. The molecule has 1 atom stereocenters. The standard InChI is InChI=1S/C39H42ClN7O3/c40-32-12-6-10-29-11-7-13-34(35(29)32)44-21-15-31-33(25-44)42-37(50-27-39(16-17-39)46-19-4-5-20-46)43-36(31)45-22-23-47(30(24-45)14-18-41)38(48)49-26-28-8-2-1-3-9-28/h1-3,6-13,30H,4-5,14-17,19-27H2/t30-/m0/s1. The maximum atomic E-state index is 13.3. The normalized spacial score (nSPS) is 20.0. The fourth-order valence-corrected chi connectivity index (χ4v) is 8.20. The van der Waals surface area contributed by atoms with Crippen LogP contribution in [0.5, 0.6) is 6.01 Å². The summed E-state index contributed by atoms with van der Waals surface area (Å²) in [4.78, 5) is 32.3. The molecule has 0 spiro atoms. The summed E-state index contributed by atoms with van der Waals surface area (Å²) >= 11 is 6.76. The van der Waals surface area contributed by atoms with Gasteiger partial charge in [0.05, 0.1) is 41.3 Å². The zero-order valence-electron chi connectivity index (χ0n) is 28.3. The zero-order valence-corrected chi connectivity index (χ0v) is 29.0. The van der Waals surface area contributed by atoms with E-state index in [1.165, 1.54) is 12.8 Å². The minimum atomic E-state index is -0.400. The van der Waals surface area contributed by atoms with Crippen LogP contribution in [0.15, 0.2) is 66.7 Å². The number of amides is 1. The van der Waals surface area contributed by atoms with Gasteiger partial charge in [0.2, 0.25) is 0 Å². The highest BCUT2D eigenvalue weighted by molar-refractivity contribution is 6.36. The lowest BCUT2D eigenvalue weighted by Gasteiger charge is -2.42. The number of aromatic nitrogens is 2. The second kappa shape index (κ2) is 14.0. The molecule has 50 heavy (non-hydrogen) atoms. The molecular formula is C39H42ClN7O3. The minimum absolute atomic E-state index is 0.0886. The Kier molecular flexibility index (Phi) is 9.11. The van der Waals surface area contributed by atoms with Crippen LogP contribution in [0.1, 0.15) is 48.9 Å². The Labute approximate surface area is 298 Å². The van der Waals surface area contributed by atoms with Gasteiger partial charge in [-0.3, -0.25) is 4.90 Å². The number of hydrogen-bond donors (Lipinski definition) is 0. The van der Waals surface area contributed by atoms with E-state index in [0.717, 1.165) is 83.0 Å². The number of carbonyl (C=O) groups is 1. The van der Waals surface area contributed by atoms with Crippen LogP contribution in [-0.2, 0) is 24.3 Å². The number of nitriles is 1. The number of rotatable bonds is 9. The average molecular weight is 692 g/mol. The van der Waals surface area contributed by atoms with Gasteiger partial charge in [0.1, 0.15) is 19.0 Å². The molecule has 3 fully saturated rings. The van der Waals surface area contributed by atoms with E-state index >= 15 is 0 Å². The van der Waals surface area contributed by atoms with Gasteiger partial charge < -0.3 is 24.2 Å². The van der Waals surface area contributed by atoms with Crippen molar-refractivity contribution in [1.29, 1.82) is 5.26 Å². The van der Waals surface area contributed by atoms with Gasteiger partial charge in [-0.2, -0.15) is 15.2 Å². The van der Waals surface area contributed by atoms with E-state index in [2.05, 4.69) is 45.0 Å². The van der Waals surface area contributed by atoms with Crippen LogP contribution in [0.2, 0.25) is 5.02 Å². The number of carbonyl (C=O) groups excluding carboxylic acids is 1. The number of ether oxygens (including phenoxy) is 2. The number of likely N-dealkylation sites (tertiary alicyclic amines) is 1. The Bertz CT molecular complexity index is 1900. The van der Waals surface area contributed by atoms with E-state index in [9.17, 15) is 10.1 Å². The molecule has 258 valence electrons. The summed E-state index contributed by atoms with van der Waals surface area (Å²) in [7, 11) is 0. The number of piperazine rings is 1. The molecule has 0 N–H and O–H groups in total. The maximum absolute atomic E-state index is 13.3. The van der Waals surface area contributed by atoms with Crippen LogP contribution in [0, 0.1) is 11.3 Å². The first-order valence-electron chi connectivity index (χ1n) is 17.8. The molecule has 10 nitrogen and oxygen atoms in total. The van der Waals surface area contributed by atoms with Crippen molar-refractivity contribution in [3.8, 4) is 12.1 Å². The van der Waals surface area contributed by atoms with Gasteiger partial charge in [-0.1, -0.05) is 66.2 Å². The van der Waals surface area contributed by atoms with Gasteiger partial charge in [0.25, 0.3) is 0 Å². The van der Waals surface area contributed by atoms with E-state index in [1.807, 2.05) is 42.5 Å². The van der Waals surface area contributed by atoms with Crippen molar-refractivity contribution in [2.45, 2.75) is 63.3 Å². The van der Waals surface area contributed by atoms with Crippen molar-refractivity contribution in [3.05, 3.63) is 88.6 Å². The number of hydrogen-bond acceptors (Lipinski definition) is 9. The largest absolute Gasteiger partial charge is 0.461 e. The fraction of sp³-hybridized carbons (Fsp3) is 0.436. The molecule has 1 saturated carbocycles. The Morgan fingerprint density at radius 2 is 1.74 bits per heavy atom. The van der Waals surface area contributed by atoms with Crippen LogP contribution < -0.4 is 14.5 Å². The molecule has 0 unspecified atom stereocenters. The first-order chi connectivity index (χ1) is 24.5. The first-order valence-corrected chi connectivity index (χ1v) is 18.2. The molecule has 3 aliphatic heterocycles. The molecule has 11 heteroatoms. The van der Waals surface area contributed by atoms with Gasteiger partial charge in [0.15, 0.2) is 0 Å². The lowest BCUT2D eigenvalue weighted by atomic mass is 10.0. The van der Waals surface area contributed by atoms with Gasteiger partial charge in [-0.05, 0) is 68.3 Å². The van der Waals surface area contributed by atoms with Crippen LogP contribution in [0.4, 0.5) is 16.3 Å².